The monoisotopic (exact) mass is 337 g/mol. The summed E-state index contributed by atoms with van der Waals surface area (Å²) >= 11 is 3.50. The Morgan fingerprint density at radius 1 is 1.25 bits per heavy atom. The topological polar surface area (TPSA) is 37.8 Å². The molecule has 1 heterocycles. The van der Waals surface area contributed by atoms with Crippen LogP contribution in [0.4, 0.5) is 10.2 Å². The molecule has 2 rings (SSSR count). The number of hydrogen-bond acceptors (Lipinski definition) is 3. The first-order valence-electron chi connectivity index (χ1n) is 6.57. The molecule has 0 saturated heterocycles. The molecular formula is C15H17BrFN3. The molecule has 0 amide bonds. The molecular weight excluding hydrogens is 321 g/mol. The van der Waals surface area contributed by atoms with Crippen molar-refractivity contribution in [2.75, 3.05) is 11.9 Å². The summed E-state index contributed by atoms with van der Waals surface area (Å²) in [5, 5.41) is 3.27. The van der Waals surface area contributed by atoms with Gasteiger partial charge in [0.15, 0.2) is 5.82 Å². The molecule has 2 aromatic rings. The van der Waals surface area contributed by atoms with Crippen molar-refractivity contribution in [3.05, 3.63) is 39.7 Å². The average molecular weight is 338 g/mol. The maximum atomic E-state index is 13.3. The first kappa shape index (κ1) is 14.9. The molecule has 0 spiro atoms. The van der Waals surface area contributed by atoms with Crippen LogP contribution in [0.2, 0.25) is 0 Å². The van der Waals surface area contributed by atoms with Crippen molar-refractivity contribution in [3.8, 4) is 11.4 Å². The molecule has 20 heavy (non-hydrogen) atoms. The Morgan fingerprint density at radius 3 is 2.65 bits per heavy atom. The summed E-state index contributed by atoms with van der Waals surface area (Å²) in [6.07, 6.45) is 1.01. The van der Waals surface area contributed by atoms with Gasteiger partial charge in [0.1, 0.15) is 11.6 Å². The zero-order chi connectivity index (χ0) is 14.7. The molecule has 0 aliphatic rings. The molecule has 0 bridgehead atoms. The van der Waals surface area contributed by atoms with Gasteiger partial charge < -0.3 is 5.32 Å². The van der Waals surface area contributed by atoms with E-state index >= 15 is 0 Å². The lowest BCUT2D eigenvalue weighted by atomic mass is 10.1. The molecule has 0 aliphatic heterocycles. The Morgan fingerprint density at radius 2 is 2.00 bits per heavy atom. The molecule has 3 nitrogen and oxygen atoms in total. The van der Waals surface area contributed by atoms with Crippen LogP contribution in [0.1, 0.15) is 24.6 Å². The minimum absolute atomic E-state index is 0.216. The fraction of sp³-hybridized carbons (Fsp3) is 0.333. The van der Waals surface area contributed by atoms with Crippen molar-refractivity contribution in [2.24, 2.45) is 0 Å². The number of benzene rings is 1. The Balaban J connectivity index is 2.45. The second kappa shape index (κ2) is 6.31. The predicted octanol–water partition coefficient (Wildman–Crippen LogP) is 4.48. The van der Waals surface area contributed by atoms with Crippen LogP contribution in [0.3, 0.4) is 0 Å². The summed E-state index contributed by atoms with van der Waals surface area (Å²) in [6.45, 7) is 6.60. The summed E-state index contributed by atoms with van der Waals surface area (Å²) in [4.78, 5) is 8.98. The van der Waals surface area contributed by atoms with E-state index in [1.165, 1.54) is 6.07 Å². The zero-order valence-electron chi connectivity index (χ0n) is 11.8. The number of hydrogen-bond donors (Lipinski definition) is 1. The van der Waals surface area contributed by atoms with Gasteiger partial charge in [0.05, 0.1) is 10.2 Å². The van der Waals surface area contributed by atoms with Gasteiger partial charge in [-0.15, -0.1) is 0 Å². The highest BCUT2D eigenvalue weighted by Crippen LogP contribution is 2.27. The highest BCUT2D eigenvalue weighted by molar-refractivity contribution is 9.10. The average Bonchev–Trinajstić information content (AvgIpc) is 2.43. The van der Waals surface area contributed by atoms with Crippen LogP contribution in [-0.2, 0) is 0 Å². The third-order valence-corrected chi connectivity index (χ3v) is 3.92. The first-order chi connectivity index (χ1) is 9.52. The van der Waals surface area contributed by atoms with Gasteiger partial charge in [0.25, 0.3) is 0 Å². The molecule has 0 radical (unpaired) electrons. The molecule has 1 N–H and O–H groups in total. The highest BCUT2D eigenvalue weighted by atomic mass is 79.9. The summed E-state index contributed by atoms with van der Waals surface area (Å²) in [5.41, 5.74) is 2.27. The smallest absolute Gasteiger partial charge is 0.161 e. The lowest BCUT2D eigenvalue weighted by molar-refractivity contribution is 0.618. The summed E-state index contributed by atoms with van der Waals surface area (Å²) in [6, 6.07) is 4.92. The minimum atomic E-state index is -0.216. The van der Waals surface area contributed by atoms with Crippen LogP contribution < -0.4 is 5.32 Å². The molecule has 0 aliphatic carbocycles. The van der Waals surface area contributed by atoms with E-state index in [1.54, 1.807) is 19.1 Å². The number of aromatic nitrogens is 2. The van der Waals surface area contributed by atoms with Gasteiger partial charge in [0.2, 0.25) is 0 Å². The van der Waals surface area contributed by atoms with Crippen LogP contribution in [-0.4, -0.2) is 16.5 Å². The summed E-state index contributed by atoms with van der Waals surface area (Å²) < 4.78 is 14.2. The molecule has 1 aromatic carbocycles. The lowest BCUT2D eigenvalue weighted by Crippen LogP contribution is -2.06. The van der Waals surface area contributed by atoms with Crippen molar-refractivity contribution in [1.29, 1.82) is 0 Å². The van der Waals surface area contributed by atoms with E-state index in [0.717, 1.165) is 34.5 Å². The number of rotatable bonds is 4. The van der Waals surface area contributed by atoms with Crippen molar-refractivity contribution >= 4 is 21.7 Å². The van der Waals surface area contributed by atoms with E-state index < -0.39 is 0 Å². The highest BCUT2D eigenvalue weighted by Gasteiger charge is 2.11. The number of anilines is 1. The normalized spacial score (nSPS) is 10.7. The molecule has 0 atom stereocenters. The Kier molecular flexibility index (Phi) is 4.70. The molecule has 5 heteroatoms. The lowest BCUT2D eigenvalue weighted by Gasteiger charge is -2.11. The van der Waals surface area contributed by atoms with Crippen LogP contribution in [0.15, 0.2) is 22.7 Å². The Hall–Kier alpha value is -1.49. The molecule has 0 unspecified atom stereocenters. The third-order valence-electron chi connectivity index (χ3n) is 2.98. The van der Waals surface area contributed by atoms with E-state index in [4.69, 9.17) is 0 Å². The van der Waals surface area contributed by atoms with E-state index in [9.17, 15) is 4.39 Å². The SMILES string of the molecule is CCCNc1nc(-c2ccc(F)c(C)c2)nc(C)c1Br. The van der Waals surface area contributed by atoms with Gasteiger partial charge in [-0.3, -0.25) is 0 Å². The predicted molar refractivity (Wildman–Crippen MR) is 83.4 cm³/mol. The molecule has 1 aromatic heterocycles. The van der Waals surface area contributed by atoms with Crippen LogP contribution in [0, 0.1) is 19.7 Å². The van der Waals surface area contributed by atoms with Crippen LogP contribution >= 0.6 is 15.9 Å². The summed E-state index contributed by atoms with van der Waals surface area (Å²) in [7, 11) is 0. The van der Waals surface area contributed by atoms with Gasteiger partial charge in [-0.25, -0.2) is 14.4 Å². The van der Waals surface area contributed by atoms with Gasteiger partial charge in [0, 0.05) is 12.1 Å². The third kappa shape index (κ3) is 3.15. The second-order valence-electron chi connectivity index (χ2n) is 4.69. The van der Waals surface area contributed by atoms with E-state index in [0.29, 0.717) is 11.4 Å². The van der Waals surface area contributed by atoms with Crippen LogP contribution in [0.5, 0.6) is 0 Å². The number of nitrogens with one attached hydrogen (secondary N) is 1. The maximum Gasteiger partial charge on any atom is 0.161 e. The quantitative estimate of drug-likeness (QED) is 0.893. The van der Waals surface area contributed by atoms with Crippen molar-refractivity contribution in [2.45, 2.75) is 27.2 Å². The Labute approximate surface area is 126 Å². The van der Waals surface area contributed by atoms with E-state index in [1.807, 2.05) is 6.92 Å². The van der Waals surface area contributed by atoms with Crippen molar-refractivity contribution in [1.82, 2.24) is 9.97 Å². The fourth-order valence-electron chi connectivity index (χ4n) is 1.83. The number of aryl methyl sites for hydroxylation is 2. The zero-order valence-corrected chi connectivity index (χ0v) is 13.4. The molecule has 0 fully saturated rings. The Bertz CT molecular complexity index is 629. The number of halogens is 2. The van der Waals surface area contributed by atoms with E-state index in [-0.39, 0.29) is 5.82 Å². The number of nitrogens with zero attached hydrogens (tertiary/aromatic N) is 2. The standard InChI is InChI=1S/C15H17BrFN3/c1-4-7-18-15-13(16)10(3)19-14(20-15)11-5-6-12(17)9(2)8-11/h5-6,8H,4,7H2,1-3H3,(H,18,19,20). The van der Waals surface area contributed by atoms with Crippen molar-refractivity contribution in [3.63, 3.8) is 0 Å². The van der Waals surface area contributed by atoms with E-state index in [2.05, 4.69) is 38.1 Å². The molecule has 0 saturated carbocycles. The first-order valence-corrected chi connectivity index (χ1v) is 7.36. The van der Waals surface area contributed by atoms with Crippen LogP contribution in [0.25, 0.3) is 11.4 Å². The van der Waals surface area contributed by atoms with Crippen molar-refractivity contribution < 1.29 is 4.39 Å². The fourth-order valence-corrected chi connectivity index (χ4v) is 2.15. The largest absolute Gasteiger partial charge is 0.369 e. The molecule has 106 valence electrons. The van der Waals surface area contributed by atoms with Gasteiger partial charge >= 0.3 is 0 Å². The summed E-state index contributed by atoms with van der Waals surface area (Å²) in [5.74, 6) is 1.16. The van der Waals surface area contributed by atoms with Gasteiger partial charge in [-0.1, -0.05) is 6.92 Å². The van der Waals surface area contributed by atoms with Gasteiger partial charge in [-0.2, -0.15) is 0 Å². The van der Waals surface area contributed by atoms with Gasteiger partial charge in [-0.05, 0) is 60.0 Å². The minimum Gasteiger partial charge on any atom is -0.369 e. The maximum absolute atomic E-state index is 13.3. The second-order valence-corrected chi connectivity index (χ2v) is 5.48.